The second-order valence-corrected chi connectivity index (χ2v) is 5.23. The van der Waals surface area contributed by atoms with E-state index in [0.717, 1.165) is 4.48 Å². The normalized spacial score (nSPS) is 16.8. The lowest BCUT2D eigenvalue weighted by molar-refractivity contribution is -0.780. The highest BCUT2D eigenvalue weighted by atomic mass is 15.4. The van der Waals surface area contributed by atoms with Gasteiger partial charge < -0.3 is 0 Å². The molecule has 0 unspecified atom stereocenters. The molecule has 1 aliphatic heterocycles. The summed E-state index contributed by atoms with van der Waals surface area (Å²) in [5.41, 5.74) is 0. The van der Waals surface area contributed by atoms with Crippen molar-refractivity contribution in [2.24, 2.45) is 4.99 Å². The average molecular weight is 237 g/mol. The fourth-order valence-corrected chi connectivity index (χ4v) is 2.42. The van der Waals surface area contributed by atoms with Gasteiger partial charge in [0.25, 0.3) is 0 Å². The summed E-state index contributed by atoms with van der Waals surface area (Å²) in [4.78, 5) is 4.30. The lowest BCUT2D eigenvalue weighted by Gasteiger charge is -2.27. The van der Waals surface area contributed by atoms with E-state index in [-0.39, 0.29) is 0 Å². The number of hydrogen-bond acceptors (Lipinski definition) is 1. The van der Waals surface area contributed by atoms with Crippen LogP contribution in [0.3, 0.4) is 0 Å². The van der Waals surface area contributed by atoms with E-state index in [1.807, 2.05) is 6.20 Å². The van der Waals surface area contributed by atoms with Gasteiger partial charge in [-0.05, 0) is 25.7 Å². The summed E-state index contributed by atoms with van der Waals surface area (Å²) in [6.07, 6.45) is 17.2. The van der Waals surface area contributed by atoms with Crippen molar-refractivity contribution in [3.8, 4) is 0 Å². The molecule has 17 heavy (non-hydrogen) atoms. The first-order chi connectivity index (χ1) is 8.33. The molecule has 0 amide bonds. The minimum absolute atomic E-state index is 1.01. The van der Waals surface area contributed by atoms with Crippen LogP contribution in [-0.4, -0.2) is 23.9 Å². The van der Waals surface area contributed by atoms with Crippen LogP contribution < -0.4 is 0 Å². The monoisotopic (exact) mass is 237 g/mol. The van der Waals surface area contributed by atoms with E-state index in [9.17, 15) is 0 Å². The molecule has 0 spiro atoms. The van der Waals surface area contributed by atoms with Gasteiger partial charge in [0.1, 0.15) is 6.20 Å². The Morgan fingerprint density at radius 2 is 1.41 bits per heavy atom. The van der Waals surface area contributed by atoms with Gasteiger partial charge in [0, 0.05) is 0 Å². The summed E-state index contributed by atoms with van der Waals surface area (Å²) in [6, 6.07) is 0. The zero-order chi connectivity index (χ0) is 12.4. The first-order valence-electron chi connectivity index (χ1n) is 7.41. The molecule has 0 aromatic rings. The smallest absolute Gasteiger partial charge is 0.194 e. The number of quaternary nitrogens is 1. The highest BCUT2D eigenvalue weighted by Gasteiger charge is 2.24. The maximum absolute atomic E-state index is 4.30. The standard InChI is InChI=1S/C15H29N2/c1-3-5-7-9-12-17(14-11-16-15-17)13-10-8-6-4-2/h11,14-15H,3-10,12-13H2,1-2H3/q+1. The average Bonchev–Trinajstić information content (AvgIpc) is 2.80. The Kier molecular flexibility index (Phi) is 7.18. The van der Waals surface area contributed by atoms with Crippen molar-refractivity contribution >= 4 is 6.34 Å². The lowest BCUT2D eigenvalue weighted by Crippen LogP contribution is -2.41. The Morgan fingerprint density at radius 1 is 0.824 bits per heavy atom. The summed E-state index contributed by atoms with van der Waals surface area (Å²) < 4.78 is 1.01. The molecule has 98 valence electrons. The van der Waals surface area contributed by atoms with E-state index in [1.54, 1.807) is 0 Å². The SMILES string of the molecule is CCCCCC[N+]1(CCCCCC)C=CN=C1. The van der Waals surface area contributed by atoms with Crippen LogP contribution in [0.2, 0.25) is 0 Å². The van der Waals surface area contributed by atoms with E-state index >= 15 is 0 Å². The lowest BCUT2D eigenvalue weighted by atomic mass is 10.1. The predicted octanol–water partition coefficient (Wildman–Crippen LogP) is 4.48. The minimum atomic E-state index is 1.01. The van der Waals surface area contributed by atoms with Gasteiger partial charge in [-0.25, -0.2) is 4.99 Å². The molecule has 1 rings (SSSR count). The Bertz CT molecular complexity index is 217. The quantitative estimate of drug-likeness (QED) is 0.392. The van der Waals surface area contributed by atoms with Crippen LogP contribution in [0.1, 0.15) is 65.2 Å². The first-order valence-corrected chi connectivity index (χ1v) is 7.41. The van der Waals surface area contributed by atoms with Crippen LogP contribution in [0.4, 0.5) is 0 Å². The van der Waals surface area contributed by atoms with Crippen molar-refractivity contribution in [2.75, 3.05) is 13.1 Å². The molecule has 1 aliphatic rings. The number of nitrogens with zero attached hydrogens (tertiary/aromatic N) is 2. The Labute approximate surface area is 107 Å². The maximum atomic E-state index is 4.30. The molecule has 0 atom stereocenters. The minimum Gasteiger partial charge on any atom is -0.254 e. The number of unbranched alkanes of at least 4 members (excludes halogenated alkanes) is 6. The molecule has 0 bridgehead atoms. The van der Waals surface area contributed by atoms with Crippen LogP contribution in [-0.2, 0) is 0 Å². The predicted molar refractivity (Wildman–Crippen MR) is 75.9 cm³/mol. The molecule has 0 radical (unpaired) electrons. The van der Waals surface area contributed by atoms with Gasteiger partial charge in [0.15, 0.2) is 6.34 Å². The van der Waals surface area contributed by atoms with Crippen LogP contribution in [0.15, 0.2) is 17.4 Å². The van der Waals surface area contributed by atoms with Crippen molar-refractivity contribution < 1.29 is 4.48 Å². The molecule has 0 aromatic heterocycles. The van der Waals surface area contributed by atoms with Gasteiger partial charge in [-0.1, -0.05) is 39.5 Å². The van der Waals surface area contributed by atoms with Crippen LogP contribution >= 0.6 is 0 Å². The summed E-state index contributed by atoms with van der Waals surface area (Å²) in [7, 11) is 0. The van der Waals surface area contributed by atoms with Gasteiger partial charge in [-0.2, -0.15) is 0 Å². The number of hydrogen-bond donors (Lipinski definition) is 0. The van der Waals surface area contributed by atoms with E-state index in [2.05, 4.69) is 31.4 Å². The van der Waals surface area contributed by atoms with E-state index in [0.29, 0.717) is 0 Å². The molecule has 0 saturated carbocycles. The van der Waals surface area contributed by atoms with Gasteiger partial charge in [-0.3, -0.25) is 4.48 Å². The Morgan fingerprint density at radius 3 is 1.82 bits per heavy atom. The molecule has 0 N–H and O–H groups in total. The molecule has 2 heteroatoms. The highest BCUT2D eigenvalue weighted by Crippen LogP contribution is 2.16. The molecule has 0 fully saturated rings. The second kappa shape index (κ2) is 8.46. The van der Waals surface area contributed by atoms with Crippen molar-refractivity contribution in [1.82, 2.24) is 0 Å². The van der Waals surface area contributed by atoms with Crippen molar-refractivity contribution in [3.05, 3.63) is 12.4 Å². The largest absolute Gasteiger partial charge is 0.254 e. The second-order valence-electron chi connectivity index (χ2n) is 5.23. The number of rotatable bonds is 10. The molecular formula is C15H29N2+. The third kappa shape index (κ3) is 5.49. The van der Waals surface area contributed by atoms with Crippen molar-refractivity contribution in [1.29, 1.82) is 0 Å². The summed E-state index contributed by atoms with van der Waals surface area (Å²) >= 11 is 0. The fraction of sp³-hybridized carbons (Fsp3) is 0.800. The summed E-state index contributed by atoms with van der Waals surface area (Å²) in [6.45, 7) is 7.02. The van der Waals surface area contributed by atoms with E-state index in [1.165, 1.54) is 64.5 Å². The first kappa shape index (κ1) is 14.4. The van der Waals surface area contributed by atoms with Gasteiger partial charge in [0.2, 0.25) is 0 Å². The van der Waals surface area contributed by atoms with Crippen molar-refractivity contribution in [3.63, 3.8) is 0 Å². The molecule has 1 heterocycles. The molecular weight excluding hydrogens is 208 g/mol. The topological polar surface area (TPSA) is 12.4 Å². The number of aliphatic imine (C=N–C) groups is 1. The third-order valence-electron chi connectivity index (χ3n) is 3.60. The van der Waals surface area contributed by atoms with E-state index < -0.39 is 0 Å². The summed E-state index contributed by atoms with van der Waals surface area (Å²) in [5.74, 6) is 0. The van der Waals surface area contributed by atoms with E-state index in [4.69, 9.17) is 0 Å². The zero-order valence-corrected chi connectivity index (χ0v) is 11.7. The maximum Gasteiger partial charge on any atom is 0.194 e. The Hall–Kier alpha value is -0.630. The Balaban J connectivity index is 2.25. The molecule has 0 aromatic carbocycles. The van der Waals surface area contributed by atoms with Crippen LogP contribution in [0, 0.1) is 0 Å². The highest BCUT2D eigenvalue weighted by molar-refractivity contribution is 5.50. The summed E-state index contributed by atoms with van der Waals surface area (Å²) in [5, 5.41) is 0. The molecule has 0 saturated heterocycles. The zero-order valence-electron chi connectivity index (χ0n) is 11.7. The fourth-order valence-electron chi connectivity index (χ4n) is 2.42. The van der Waals surface area contributed by atoms with Gasteiger partial charge in [-0.15, -0.1) is 0 Å². The van der Waals surface area contributed by atoms with Crippen LogP contribution in [0.5, 0.6) is 0 Å². The van der Waals surface area contributed by atoms with Crippen molar-refractivity contribution in [2.45, 2.75) is 65.2 Å². The molecule has 0 aliphatic carbocycles. The van der Waals surface area contributed by atoms with Gasteiger partial charge >= 0.3 is 0 Å². The third-order valence-corrected chi connectivity index (χ3v) is 3.60. The van der Waals surface area contributed by atoms with Crippen LogP contribution in [0.25, 0.3) is 0 Å². The molecule has 2 nitrogen and oxygen atoms in total. The van der Waals surface area contributed by atoms with Gasteiger partial charge in [0.05, 0.1) is 19.3 Å².